The molecular formula is C14H25IN2O. The standard InChI is InChI=1S/C14H25IN2O/c1-2-3-4-9-16-10-11-17-14(18)12-5-7-13(15)8-6-12/h5,7,12-13,16H,2-4,6,8-11H2,1H3,(H,17,18). The van der Waals surface area contributed by atoms with Crippen molar-refractivity contribution >= 4 is 28.5 Å². The molecule has 1 aliphatic rings. The third kappa shape index (κ3) is 6.73. The number of hydrogen-bond donors (Lipinski definition) is 2. The number of carbonyl (C=O) groups excluding carboxylic acids is 1. The van der Waals surface area contributed by atoms with E-state index in [1.165, 1.54) is 19.3 Å². The second-order valence-electron chi connectivity index (χ2n) is 4.83. The predicted octanol–water partition coefficient (Wildman–Crippen LogP) is 2.65. The van der Waals surface area contributed by atoms with Gasteiger partial charge in [0.05, 0.1) is 5.92 Å². The molecule has 0 saturated carbocycles. The zero-order valence-electron chi connectivity index (χ0n) is 11.3. The van der Waals surface area contributed by atoms with Gasteiger partial charge in [-0.1, -0.05) is 54.5 Å². The second-order valence-corrected chi connectivity index (χ2v) is 6.43. The van der Waals surface area contributed by atoms with Gasteiger partial charge in [-0.3, -0.25) is 4.79 Å². The molecule has 0 aromatic carbocycles. The summed E-state index contributed by atoms with van der Waals surface area (Å²) in [5.74, 6) is 0.279. The molecule has 1 rings (SSSR count). The fourth-order valence-corrected chi connectivity index (χ4v) is 2.63. The first-order chi connectivity index (χ1) is 8.74. The van der Waals surface area contributed by atoms with Crippen LogP contribution in [0.3, 0.4) is 0 Å². The summed E-state index contributed by atoms with van der Waals surface area (Å²) in [6.45, 7) is 4.88. The van der Waals surface area contributed by atoms with Crippen LogP contribution in [0.4, 0.5) is 0 Å². The van der Waals surface area contributed by atoms with Crippen molar-refractivity contribution < 1.29 is 4.79 Å². The van der Waals surface area contributed by atoms with Gasteiger partial charge in [-0.25, -0.2) is 0 Å². The van der Waals surface area contributed by atoms with E-state index in [9.17, 15) is 4.79 Å². The van der Waals surface area contributed by atoms with Crippen molar-refractivity contribution in [2.45, 2.75) is 43.0 Å². The van der Waals surface area contributed by atoms with E-state index in [1.807, 2.05) is 0 Å². The molecule has 18 heavy (non-hydrogen) atoms. The summed E-state index contributed by atoms with van der Waals surface area (Å²) >= 11 is 2.41. The third-order valence-electron chi connectivity index (χ3n) is 3.20. The van der Waals surface area contributed by atoms with Crippen molar-refractivity contribution in [1.29, 1.82) is 0 Å². The van der Waals surface area contributed by atoms with Crippen LogP contribution < -0.4 is 10.6 Å². The van der Waals surface area contributed by atoms with Crippen LogP contribution in [-0.4, -0.2) is 29.5 Å². The Morgan fingerprint density at radius 3 is 2.72 bits per heavy atom. The zero-order valence-corrected chi connectivity index (χ0v) is 13.4. The first kappa shape index (κ1) is 16.0. The average Bonchev–Trinajstić information content (AvgIpc) is 2.38. The number of halogens is 1. The highest BCUT2D eigenvalue weighted by atomic mass is 127. The lowest BCUT2D eigenvalue weighted by Gasteiger charge is -2.18. The van der Waals surface area contributed by atoms with E-state index in [4.69, 9.17) is 0 Å². The van der Waals surface area contributed by atoms with E-state index in [2.05, 4.69) is 52.3 Å². The topological polar surface area (TPSA) is 41.1 Å². The van der Waals surface area contributed by atoms with Gasteiger partial charge in [0.15, 0.2) is 0 Å². The highest BCUT2D eigenvalue weighted by Gasteiger charge is 2.19. The van der Waals surface area contributed by atoms with Gasteiger partial charge in [0.1, 0.15) is 0 Å². The van der Waals surface area contributed by atoms with E-state index in [0.717, 1.165) is 32.5 Å². The van der Waals surface area contributed by atoms with E-state index >= 15 is 0 Å². The van der Waals surface area contributed by atoms with Crippen LogP contribution in [0.25, 0.3) is 0 Å². The summed E-state index contributed by atoms with van der Waals surface area (Å²) < 4.78 is 0.604. The highest BCUT2D eigenvalue weighted by molar-refractivity contribution is 14.1. The summed E-state index contributed by atoms with van der Waals surface area (Å²) in [5.41, 5.74) is 0. The number of allylic oxidation sites excluding steroid dienone is 1. The molecular weight excluding hydrogens is 339 g/mol. The maximum Gasteiger partial charge on any atom is 0.226 e. The van der Waals surface area contributed by atoms with Crippen molar-refractivity contribution in [3.8, 4) is 0 Å². The molecule has 0 aromatic rings. The summed E-state index contributed by atoms with van der Waals surface area (Å²) in [5, 5.41) is 6.35. The number of alkyl halides is 1. The fourth-order valence-electron chi connectivity index (χ4n) is 2.03. The molecule has 0 aliphatic heterocycles. The Morgan fingerprint density at radius 1 is 1.22 bits per heavy atom. The third-order valence-corrected chi connectivity index (χ3v) is 4.24. The van der Waals surface area contributed by atoms with Gasteiger partial charge < -0.3 is 10.6 Å². The van der Waals surface area contributed by atoms with Gasteiger partial charge >= 0.3 is 0 Å². The van der Waals surface area contributed by atoms with Crippen molar-refractivity contribution in [3.05, 3.63) is 12.2 Å². The zero-order chi connectivity index (χ0) is 13.2. The van der Waals surface area contributed by atoms with Crippen LogP contribution in [0, 0.1) is 5.92 Å². The molecule has 0 aromatic heterocycles. The van der Waals surface area contributed by atoms with Gasteiger partial charge in [0.25, 0.3) is 0 Å². The Labute approximate surface area is 124 Å². The SMILES string of the molecule is CCCCCNCCNC(=O)C1C=CC(I)CC1. The Morgan fingerprint density at radius 2 is 2.06 bits per heavy atom. The molecule has 0 heterocycles. The molecule has 2 unspecified atom stereocenters. The summed E-state index contributed by atoms with van der Waals surface area (Å²) in [4.78, 5) is 11.8. The molecule has 3 nitrogen and oxygen atoms in total. The molecule has 104 valence electrons. The minimum Gasteiger partial charge on any atom is -0.354 e. The minimum absolute atomic E-state index is 0.0936. The largest absolute Gasteiger partial charge is 0.354 e. The van der Waals surface area contributed by atoms with Gasteiger partial charge in [0, 0.05) is 17.0 Å². The molecule has 2 atom stereocenters. The van der Waals surface area contributed by atoms with Crippen LogP contribution in [0.15, 0.2) is 12.2 Å². The first-order valence-corrected chi connectivity index (χ1v) is 8.29. The summed E-state index contributed by atoms with van der Waals surface area (Å²) in [7, 11) is 0. The van der Waals surface area contributed by atoms with Gasteiger partial charge in [-0.05, 0) is 25.8 Å². The molecule has 0 bridgehead atoms. The lowest BCUT2D eigenvalue weighted by molar-refractivity contribution is -0.123. The monoisotopic (exact) mass is 364 g/mol. The maximum absolute atomic E-state index is 11.8. The molecule has 0 spiro atoms. The summed E-state index contributed by atoms with van der Waals surface area (Å²) in [6.07, 6.45) is 10.1. The molecule has 1 amide bonds. The van der Waals surface area contributed by atoms with Crippen molar-refractivity contribution in [2.24, 2.45) is 5.92 Å². The summed E-state index contributed by atoms with van der Waals surface area (Å²) in [6, 6.07) is 0. The number of hydrogen-bond acceptors (Lipinski definition) is 2. The Balaban J connectivity index is 2.02. The smallest absolute Gasteiger partial charge is 0.226 e. The van der Waals surface area contributed by atoms with Crippen LogP contribution in [0.5, 0.6) is 0 Å². The number of amides is 1. The van der Waals surface area contributed by atoms with Gasteiger partial charge in [-0.2, -0.15) is 0 Å². The molecule has 1 aliphatic carbocycles. The van der Waals surface area contributed by atoms with E-state index in [0.29, 0.717) is 3.92 Å². The lowest BCUT2D eigenvalue weighted by atomic mass is 9.95. The van der Waals surface area contributed by atoms with Crippen molar-refractivity contribution in [3.63, 3.8) is 0 Å². The first-order valence-electron chi connectivity index (χ1n) is 7.05. The number of carbonyl (C=O) groups is 1. The van der Waals surface area contributed by atoms with Gasteiger partial charge in [-0.15, -0.1) is 0 Å². The normalized spacial score (nSPS) is 23.0. The lowest BCUT2D eigenvalue weighted by Crippen LogP contribution is -2.36. The number of unbranched alkanes of at least 4 members (excludes halogenated alkanes) is 2. The van der Waals surface area contributed by atoms with E-state index in [-0.39, 0.29) is 11.8 Å². The maximum atomic E-state index is 11.8. The molecule has 4 heteroatoms. The van der Waals surface area contributed by atoms with Crippen LogP contribution in [0.1, 0.15) is 39.0 Å². The van der Waals surface area contributed by atoms with Crippen LogP contribution in [0.2, 0.25) is 0 Å². The Kier molecular flexibility index (Phi) is 8.67. The number of rotatable bonds is 8. The molecule has 2 N–H and O–H groups in total. The quantitative estimate of drug-likeness (QED) is 0.301. The van der Waals surface area contributed by atoms with Crippen LogP contribution in [-0.2, 0) is 4.79 Å². The number of nitrogens with one attached hydrogen (secondary N) is 2. The molecule has 0 radical (unpaired) electrons. The predicted molar refractivity (Wildman–Crippen MR) is 85.1 cm³/mol. The van der Waals surface area contributed by atoms with E-state index in [1.54, 1.807) is 0 Å². The average molecular weight is 364 g/mol. The highest BCUT2D eigenvalue weighted by Crippen LogP contribution is 2.22. The van der Waals surface area contributed by atoms with E-state index < -0.39 is 0 Å². The Bertz CT molecular complexity index is 269. The molecule has 0 saturated heterocycles. The Hall–Kier alpha value is -0.100. The fraction of sp³-hybridized carbons (Fsp3) is 0.786. The van der Waals surface area contributed by atoms with Gasteiger partial charge in [0.2, 0.25) is 5.91 Å². The molecule has 0 fully saturated rings. The minimum atomic E-state index is 0.0936. The van der Waals surface area contributed by atoms with Crippen LogP contribution >= 0.6 is 22.6 Å². The van der Waals surface area contributed by atoms with Crippen molar-refractivity contribution in [2.75, 3.05) is 19.6 Å². The second kappa shape index (κ2) is 9.78. The van der Waals surface area contributed by atoms with Crippen molar-refractivity contribution in [1.82, 2.24) is 10.6 Å².